The number of carbonyl (C=O) groups excluding carboxylic acids is 2. The van der Waals surface area contributed by atoms with Gasteiger partial charge in [0.25, 0.3) is 5.91 Å². The molecule has 0 spiro atoms. The number of nitrogens with zero attached hydrogens (tertiary/aromatic N) is 3. The molecule has 32 heavy (non-hydrogen) atoms. The van der Waals surface area contributed by atoms with Gasteiger partial charge in [0.1, 0.15) is 18.0 Å². The smallest absolute Gasteiger partial charge is 0.278 e. The Hall–Kier alpha value is -3.88. The summed E-state index contributed by atoms with van der Waals surface area (Å²) in [6.07, 6.45) is 0. The molecule has 2 amide bonds. The summed E-state index contributed by atoms with van der Waals surface area (Å²) in [5, 5.41) is 13.7. The molecule has 3 aromatic rings. The molecule has 9 nitrogen and oxygen atoms in total. The first-order valence-corrected chi connectivity index (χ1v) is 10.0. The number of rotatable bonds is 7. The minimum atomic E-state index is -0.373. The number of nitrogens with one attached hydrogen (secondary N) is 2. The maximum absolute atomic E-state index is 12.8. The molecule has 0 bridgehead atoms. The lowest BCUT2D eigenvalue weighted by atomic mass is 10.0. The third kappa shape index (κ3) is 5.05. The summed E-state index contributed by atoms with van der Waals surface area (Å²) in [7, 11) is 3.07. The lowest BCUT2D eigenvalue weighted by molar-refractivity contribution is -0.117. The molecule has 1 aromatic heterocycles. The number of ether oxygens (including phenoxy) is 2. The van der Waals surface area contributed by atoms with Crippen LogP contribution >= 0.6 is 0 Å². The van der Waals surface area contributed by atoms with Crippen LogP contribution in [-0.4, -0.2) is 41.0 Å². The maximum Gasteiger partial charge on any atom is 0.278 e. The van der Waals surface area contributed by atoms with Crippen LogP contribution in [0.4, 0.5) is 11.4 Å². The summed E-state index contributed by atoms with van der Waals surface area (Å²) in [6.45, 7) is 7.49. The van der Waals surface area contributed by atoms with Gasteiger partial charge in [0.2, 0.25) is 5.91 Å². The molecule has 0 atom stereocenters. The van der Waals surface area contributed by atoms with Crippen LogP contribution in [0.3, 0.4) is 0 Å². The van der Waals surface area contributed by atoms with Gasteiger partial charge >= 0.3 is 0 Å². The zero-order valence-electron chi connectivity index (χ0n) is 19.1. The SMILES string of the molecule is COc1cc(NC(=O)Cn2nnc(C(=O)Nc3c(C)cc(C)cc3C)c2C)cc(OC)c1. The molecule has 2 aromatic carbocycles. The van der Waals surface area contributed by atoms with E-state index in [0.717, 1.165) is 22.4 Å². The Bertz CT molecular complexity index is 1120. The zero-order chi connectivity index (χ0) is 23.4. The third-order valence-corrected chi connectivity index (χ3v) is 5.04. The van der Waals surface area contributed by atoms with Crippen LogP contribution in [0, 0.1) is 27.7 Å². The summed E-state index contributed by atoms with van der Waals surface area (Å²) >= 11 is 0. The zero-order valence-corrected chi connectivity index (χ0v) is 19.1. The fourth-order valence-electron chi connectivity index (χ4n) is 3.49. The predicted octanol–water partition coefficient (Wildman–Crippen LogP) is 3.42. The van der Waals surface area contributed by atoms with Gasteiger partial charge in [-0.05, 0) is 38.8 Å². The first-order valence-electron chi connectivity index (χ1n) is 10.0. The van der Waals surface area contributed by atoms with E-state index < -0.39 is 0 Å². The van der Waals surface area contributed by atoms with Crippen molar-refractivity contribution in [2.75, 3.05) is 24.9 Å². The summed E-state index contributed by atoms with van der Waals surface area (Å²) in [4.78, 5) is 25.3. The molecule has 0 fully saturated rings. The van der Waals surface area contributed by atoms with Crippen molar-refractivity contribution in [1.29, 1.82) is 0 Å². The Labute approximate surface area is 186 Å². The first-order chi connectivity index (χ1) is 15.2. The molecule has 0 aliphatic carbocycles. The second-order valence-corrected chi connectivity index (χ2v) is 7.56. The summed E-state index contributed by atoms with van der Waals surface area (Å²) < 4.78 is 11.8. The Kier molecular flexibility index (Phi) is 6.77. The molecule has 2 N–H and O–H groups in total. The van der Waals surface area contributed by atoms with E-state index in [-0.39, 0.29) is 24.1 Å². The summed E-state index contributed by atoms with van der Waals surface area (Å²) in [6, 6.07) is 9.08. The number of hydrogen-bond donors (Lipinski definition) is 2. The predicted molar refractivity (Wildman–Crippen MR) is 122 cm³/mol. The van der Waals surface area contributed by atoms with Crippen LogP contribution in [0.15, 0.2) is 30.3 Å². The monoisotopic (exact) mass is 437 g/mol. The van der Waals surface area contributed by atoms with Crippen molar-refractivity contribution < 1.29 is 19.1 Å². The highest BCUT2D eigenvalue weighted by atomic mass is 16.5. The molecule has 0 saturated carbocycles. The third-order valence-electron chi connectivity index (χ3n) is 5.04. The second-order valence-electron chi connectivity index (χ2n) is 7.56. The average molecular weight is 438 g/mol. The van der Waals surface area contributed by atoms with Crippen molar-refractivity contribution in [3.05, 3.63) is 58.4 Å². The standard InChI is InChI=1S/C23H27N5O4/c1-13-7-14(2)21(15(3)8-13)25-23(30)22-16(4)28(27-26-22)12-20(29)24-17-9-18(31-5)11-19(10-17)32-6/h7-11H,12H2,1-6H3,(H,24,29)(H,25,30). The van der Waals surface area contributed by atoms with Crippen LogP contribution < -0.4 is 20.1 Å². The normalized spacial score (nSPS) is 10.6. The molecule has 1 heterocycles. The Morgan fingerprint density at radius 1 is 0.906 bits per heavy atom. The molecule has 3 rings (SSSR count). The van der Waals surface area contributed by atoms with Crippen molar-refractivity contribution in [2.45, 2.75) is 34.2 Å². The number of carbonyl (C=O) groups is 2. The van der Waals surface area contributed by atoms with Crippen molar-refractivity contribution in [3.63, 3.8) is 0 Å². The van der Waals surface area contributed by atoms with E-state index in [0.29, 0.717) is 22.9 Å². The number of hydrogen-bond acceptors (Lipinski definition) is 6. The van der Waals surface area contributed by atoms with Crippen molar-refractivity contribution in [2.24, 2.45) is 0 Å². The van der Waals surface area contributed by atoms with E-state index >= 15 is 0 Å². The molecular formula is C23H27N5O4. The quantitative estimate of drug-likeness (QED) is 0.586. The van der Waals surface area contributed by atoms with Gasteiger partial charge in [-0.15, -0.1) is 5.10 Å². The number of anilines is 2. The first kappa shape index (κ1) is 22.8. The van der Waals surface area contributed by atoms with Gasteiger partial charge in [-0.2, -0.15) is 0 Å². The van der Waals surface area contributed by atoms with Gasteiger partial charge in [0, 0.05) is 29.6 Å². The lowest BCUT2D eigenvalue weighted by Crippen LogP contribution is -2.21. The van der Waals surface area contributed by atoms with Crippen LogP contribution in [0.25, 0.3) is 0 Å². The van der Waals surface area contributed by atoms with Crippen molar-refractivity contribution in [3.8, 4) is 11.5 Å². The van der Waals surface area contributed by atoms with E-state index in [1.807, 2.05) is 32.9 Å². The van der Waals surface area contributed by atoms with Gasteiger partial charge in [0.05, 0.1) is 19.9 Å². The molecule has 0 aliphatic heterocycles. The molecule has 0 radical (unpaired) electrons. The van der Waals surface area contributed by atoms with E-state index in [1.165, 1.54) is 18.9 Å². The molecule has 168 valence electrons. The number of amides is 2. The largest absolute Gasteiger partial charge is 0.497 e. The number of aromatic nitrogens is 3. The van der Waals surface area contributed by atoms with E-state index in [9.17, 15) is 9.59 Å². The van der Waals surface area contributed by atoms with Crippen LogP contribution in [-0.2, 0) is 11.3 Å². The topological polar surface area (TPSA) is 107 Å². The van der Waals surface area contributed by atoms with Crippen LogP contribution in [0.5, 0.6) is 11.5 Å². The van der Waals surface area contributed by atoms with Gasteiger partial charge < -0.3 is 20.1 Å². The molecule has 0 unspecified atom stereocenters. The second kappa shape index (κ2) is 9.51. The summed E-state index contributed by atoms with van der Waals surface area (Å²) in [5.41, 5.74) is 4.98. The number of methoxy groups -OCH3 is 2. The Morgan fingerprint density at radius 3 is 2.06 bits per heavy atom. The highest BCUT2D eigenvalue weighted by molar-refractivity contribution is 6.04. The van der Waals surface area contributed by atoms with Crippen molar-refractivity contribution in [1.82, 2.24) is 15.0 Å². The fourth-order valence-corrected chi connectivity index (χ4v) is 3.49. The minimum absolute atomic E-state index is 0.103. The minimum Gasteiger partial charge on any atom is -0.497 e. The number of aryl methyl sites for hydroxylation is 3. The average Bonchev–Trinajstić information content (AvgIpc) is 3.10. The van der Waals surface area contributed by atoms with Crippen LogP contribution in [0.1, 0.15) is 32.9 Å². The highest BCUT2D eigenvalue weighted by Crippen LogP contribution is 2.26. The van der Waals surface area contributed by atoms with Gasteiger partial charge in [-0.25, -0.2) is 4.68 Å². The summed E-state index contributed by atoms with van der Waals surface area (Å²) in [5.74, 6) is 0.404. The molecule has 0 aliphatic rings. The van der Waals surface area contributed by atoms with E-state index in [1.54, 1.807) is 25.1 Å². The molecular weight excluding hydrogens is 410 g/mol. The van der Waals surface area contributed by atoms with E-state index in [2.05, 4.69) is 20.9 Å². The van der Waals surface area contributed by atoms with Gasteiger partial charge in [-0.3, -0.25) is 9.59 Å². The fraction of sp³-hybridized carbons (Fsp3) is 0.304. The van der Waals surface area contributed by atoms with Crippen LogP contribution in [0.2, 0.25) is 0 Å². The van der Waals surface area contributed by atoms with Gasteiger partial charge in [-0.1, -0.05) is 22.9 Å². The Morgan fingerprint density at radius 2 is 1.50 bits per heavy atom. The van der Waals surface area contributed by atoms with Crippen molar-refractivity contribution >= 4 is 23.2 Å². The Balaban J connectivity index is 1.72. The lowest BCUT2D eigenvalue weighted by Gasteiger charge is -2.12. The van der Waals surface area contributed by atoms with E-state index in [4.69, 9.17) is 9.47 Å². The molecule has 0 saturated heterocycles. The maximum atomic E-state index is 12.8. The number of benzene rings is 2. The molecule has 9 heteroatoms. The highest BCUT2D eigenvalue weighted by Gasteiger charge is 2.19. The van der Waals surface area contributed by atoms with Gasteiger partial charge in [0.15, 0.2) is 5.69 Å².